The van der Waals surface area contributed by atoms with E-state index in [-0.39, 0.29) is 52.2 Å². The maximum absolute atomic E-state index is 13.0. The maximum atomic E-state index is 13.0. The summed E-state index contributed by atoms with van der Waals surface area (Å²) in [6.45, 7) is 9.23. The summed E-state index contributed by atoms with van der Waals surface area (Å²) in [6, 6.07) is 12.7. The van der Waals surface area contributed by atoms with Crippen molar-refractivity contribution in [1.29, 1.82) is 0 Å². The van der Waals surface area contributed by atoms with Crippen molar-refractivity contribution in [2.45, 2.75) is 127 Å². The quantitative estimate of drug-likeness (QED) is 0.106. The first-order chi connectivity index (χ1) is 25.0. The Bertz CT molecular complexity index is 1630. The number of esters is 1. The molecule has 2 saturated carbocycles. The predicted octanol–water partition coefficient (Wildman–Crippen LogP) is 9.48. The number of carbonyl (C=O) groups is 3. The number of hydrogen-bond acceptors (Lipinski definition) is 7. The second-order valence-electron chi connectivity index (χ2n) is 16.2. The van der Waals surface area contributed by atoms with E-state index in [2.05, 4.69) is 62.3 Å². The van der Waals surface area contributed by atoms with Crippen molar-refractivity contribution in [3.05, 3.63) is 83.7 Å². The number of nitrogens with one attached hydrogen (secondary N) is 1. The minimum atomic E-state index is -1.03. The molecule has 2 N–H and O–H groups in total. The van der Waals surface area contributed by atoms with Crippen LogP contribution in [0, 0.1) is 28.6 Å². The fourth-order valence-electron chi connectivity index (χ4n) is 9.77. The monoisotopic (exact) mass is 744 g/mol. The molecule has 2 aromatic rings. The molecule has 4 aliphatic rings. The number of carbonyl (C=O) groups excluding carboxylic acids is 2. The molecule has 1 heterocycles. The van der Waals surface area contributed by atoms with Gasteiger partial charge >= 0.3 is 11.9 Å². The van der Waals surface area contributed by atoms with Crippen molar-refractivity contribution < 1.29 is 24.2 Å². The summed E-state index contributed by atoms with van der Waals surface area (Å²) in [5.74, 6) is 0.696. The van der Waals surface area contributed by atoms with Gasteiger partial charge in [0.2, 0.25) is 5.91 Å². The predicted molar refractivity (Wildman–Crippen MR) is 211 cm³/mol. The van der Waals surface area contributed by atoms with Crippen molar-refractivity contribution in [3.63, 3.8) is 0 Å². The highest BCUT2D eigenvalue weighted by atomic mass is 33.1. The van der Waals surface area contributed by atoms with Crippen LogP contribution in [0.2, 0.25) is 0 Å². The third-order valence-corrected chi connectivity index (χ3v) is 16.3. The average Bonchev–Trinajstić information content (AvgIpc) is 3.50. The zero-order valence-electron chi connectivity index (χ0n) is 31.2. The average molecular weight is 745 g/mol. The summed E-state index contributed by atoms with van der Waals surface area (Å²) in [5, 5.41) is 12.8. The number of fused-ring (bicyclic) bond motifs is 5. The van der Waals surface area contributed by atoms with Crippen LogP contribution in [0.15, 0.2) is 72.6 Å². The lowest BCUT2D eigenvalue weighted by molar-refractivity contribution is -0.151. The Morgan fingerprint density at radius 2 is 1.65 bits per heavy atom. The Kier molecular flexibility index (Phi) is 12.6. The van der Waals surface area contributed by atoms with Crippen LogP contribution in [0.1, 0.15) is 109 Å². The van der Waals surface area contributed by atoms with E-state index in [0.717, 1.165) is 44.1 Å². The van der Waals surface area contributed by atoms with E-state index in [1.807, 2.05) is 42.7 Å². The lowest BCUT2D eigenvalue weighted by Gasteiger charge is -2.57. The Balaban J connectivity index is 0.901. The van der Waals surface area contributed by atoms with Crippen LogP contribution < -0.4 is 5.32 Å². The standard InChI is InChI=1S/C43H56N2O5S2/c1-28(12-18-39(46)45-38(41(48)49)25-30-9-6-5-7-10-30)51-52-29(2)13-19-40(47)50-33-20-22-42(3)32(26-33)14-15-34-36-17-16-35(31-11-8-24-44-27-31)43(36,4)23-21-37(34)42/h5-11,14,16,24,27-29,33-34,36-38H,12-13,15,17-23,25-26H2,1-4H3,(H,45,46)(H,48,49)/t28?,29?,33-,34-,36-,37?,38-,42-,43+/m0/s1. The molecular weight excluding hydrogens is 689 g/mol. The summed E-state index contributed by atoms with van der Waals surface area (Å²) >= 11 is 0. The van der Waals surface area contributed by atoms with Gasteiger partial charge < -0.3 is 15.2 Å². The van der Waals surface area contributed by atoms with Gasteiger partial charge in [-0.2, -0.15) is 0 Å². The van der Waals surface area contributed by atoms with Gasteiger partial charge in [0, 0.05) is 48.6 Å². The first-order valence-corrected chi connectivity index (χ1v) is 21.6. The molecular formula is C43H56N2O5S2. The number of aromatic nitrogens is 1. The highest BCUT2D eigenvalue weighted by molar-refractivity contribution is 8.77. The van der Waals surface area contributed by atoms with Crippen molar-refractivity contribution in [1.82, 2.24) is 10.3 Å². The fourth-order valence-corrected chi connectivity index (χ4v) is 12.3. The van der Waals surface area contributed by atoms with Crippen LogP contribution in [0.3, 0.4) is 0 Å². The second kappa shape index (κ2) is 17.0. The number of ether oxygens (including phenoxy) is 1. The van der Waals surface area contributed by atoms with Gasteiger partial charge in [0.1, 0.15) is 12.1 Å². The Morgan fingerprint density at radius 3 is 2.37 bits per heavy atom. The highest BCUT2D eigenvalue weighted by Gasteiger charge is 2.57. The lowest BCUT2D eigenvalue weighted by Crippen LogP contribution is -2.50. The Morgan fingerprint density at radius 1 is 0.923 bits per heavy atom. The SMILES string of the molecule is CC(CCC(=O)N[C@@H](Cc1ccccc1)C(=O)O)SSC(C)CCC(=O)O[C@H]1CC[C@@]2(C)C(=CC[C@@H]3C2CC[C@]2(C)C(c4cccnc4)=CC[C@@H]32)C1. The van der Waals surface area contributed by atoms with E-state index in [4.69, 9.17) is 4.74 Å². The number of nitrogens with zero attached hydrogens (tertiary/aromatic N) is 1. The van der Waals surface area contributed by atoms with Crippen molar-refractivity contribution in [3.8, 4) is 0 Å². The van der Waals surface area contributed by atoms with Crippen LogP contribution in [0.5, 0.6) is 0 Å². The molecule has 3 unspecified atom stereocenters. The van der Waals surface area contributed by atoms with Crippen LogP contribution in [0.25, 0.3) is 5.57 Å². The number of allylic oxidation sites excluding steroid dienone is 3. The van der Waals surface area contributed by atoms with Gasteiger partial charge in [-0.15, -0.1) is 0 Å². The summed E-state index contributed by atoms with van der Waals surface area (Å²) in [4.78, 5) is 41.7. The number of carboxylic acids is 1. The third kappa shape index (κ3) is 8.83. The van der Waals surface area contributed by atoms with E-state index in [9.17, 15) is 19.5 Å². The molecule has 7 nitrogen and oxygen atoms in total. The van der Waals surface area contributed by atoms with Crippen LogP contribution in [-0.4, -0.2) is 50.6 Å². The van der Waals surface area contributed by atoms with Gasteiger partial charge in [0.15, 0.2) is 0 Å². The second-order valence-corrected chi connectivity index (χ2v) is 19.4. The van der Waals surface area contributed by atoms with Crippen molar-refractivity contribution in [2.24, 2.45) is 28.6 Å². The maximum Gasteiger partial charge on any atom is 0.326 e. The first kappa shape index (κ1) is 38.7. The van der Waals surface area contributed by atoms with Gasteiger partial charge in [-0.25, -0.2) is 4.79 Å². The third-order valence-electron chi connectivity index (χ3n) is 12.7. The Labute approximate surface area is 318 Å². The molecule has 1 aromatic heterocycles. The van der Waals surface area contributed by atoms with E-state index in [1.165, 1.54) is 29.6 Å². The number of aliphatic carboxylic acids is 1. The molecule has 0 aliphatic heterocycles. The number of hydrogen-bond donors (Lipinski definition) is 2. The van der Waals surface area contributed by atoms with E-state index in [0.29, 0.717) is 30.6 Å². The topological polar surface area (TPSA) is 106 Å². The number of rotatable bonds is 15. The molecule has 2 fully saturated rings. The van der Waals surface area contributed by atoms with Crippen LogP contribution in [0.4, 0.5) is 0 Å². The lowest BCUT2D eigenvalue weighted by atomic mass is 9.47. The normalized spacial score (nSPS) is 29.6. The molecule has 0 radical (unpaired) electrons. The molecule has 0 saturated heterocycles. The first-order valence-electron chi connectivity index (χ1n) is 19.3. The number of amides is 1. The van der Waals surface area contributed by atoms with Gasteiger partial charge in [-0.3, -0.25) is 14.6 Å². The molecule has 52 heavy (non-hydrogen) atoms. The summed E-state index contributed by atoms with van der Waals surface area (Å²) in [6.07, 6.45) is 18.9. The van der Waals surface area contributed by atoms with Crippen LogP contribution in [-0.2, 0) is 25.5 Å². The van der Waals surface area contributed by atoms with Gasteiger partial charge in [-0.1, -0.05) is 103 Å². The van der Waals surface area contributed by atoms with E-state index < -0.39 is 12.0 Å². The molecule has 6 rings (SSSR count). The zero-order chi connectivity index (χ0) is 36.9. The smallest absolute Gasteiger partial charge is 0.326 e. The minimum Gasteiger partial charge on any atom is -0.480 e. The summed E-state index contributed by atoms with van der Waals surface area (Å²) < 4.78 is 6.10. The molecule has 1 amide bonds. The molecule has 0 bridgehead atoms. The molecule has 4 aliphatic carbocycles. The summed E-state index contributed by atoms with van der Waals surface area (Å²) in [7, 11) is 3.46. The molecule has 0 spiro atoms. The zero-order valence-corrected chi connectivity index (χ0v) is 32.9. The summed E-state index contributed by atoms with van der Waals surface area (Å²) in [5.41, 5.74) is 5.62. The molecule has 280 valence electrons. The molecule has 9 heteroatoms. The van der Waals surface area contributed by atoms with Gasteiger partial charge in [-0.05, 0) is 103 Å². The van der Waals surface area contributed by atoms with Crippen molar-refractivity contribution >= 4 is 45.0 Å². The van der Waals surface area contributed by atoms with Crippen molar-refractivity contribution in [2.75, 3.05) is 0 Å². The Hall–Kier alpha value is -3.04. The largest absolute Gasteiger partial charge is 0.480 e. The van der Waals surface area contributed by atoms with Crippen LogP contribution >= 0.6 is 21.6 Å². The van der Waals surface area contributed by atoms with Gasteiger partial charge in [0.25, 0.3) is 0 Å². The number of pyridine rings is 1. The molecule has 1 aromatic carbocycles. The van der Waals surface area contributed by atoms with Gasteiger partial charge in [0.05, 0.1) is 0 Å². The molecule has 9 atom stereocenters. The minimum absolute atomic E-state index is 0.0283. The number of carboxylic acid groups (broad SMARTS) is 1. The highest BCUT2D eigenvalue weighted by Crippen LogP contribution is 2.66. The number of benzene rings is 1. The van der Waals surface area contributed by atoms with E-state index in [1.54, 1.807) is 21.6 Å². The fraction of sp³-hybridized carbons (Fsp3) is 0.581. The van der Waals surface area contributed by atoms with E-state index >= 15 is 0 Å².